The summed E-state index contributed by atoms with van der Waals surface area (Å²) in [5.41, 5.74) is 2.31. The first-order chi connectivity index (χ1) is 20.8. The van der Waals surface area contributed by atoms with Gasteiger partial charge in [-0.1, -0.05) is 36.4 Å². The number of nitrogens with one attached hydrogen (secondary N) is 4. The van der Waals surface area contributed by atoms with Gasteiger partial charge in [0.2, 0.25) is 17.7 Å². The Morgan fingerprint density at radius 2 is 1.74 bits per heavy atom. The summed E-state index contributed by atoms with van der Waals surface area (Å²) in [5.74, 6) is -1.67. The minimum atomic E-state index is -1.16. The number of carbonyl (C=O) groups excluding carboxylic acids is 4. The molecule has 43 heavy (non-hydrogen) atoms. The second kappa shape index (κ2) is 16.0. The van der Waals surface area contributed by atoms with Crippen molar-refractivity contribution in [3.63, 3.8) is 0 Å². The lowest BCUT2D eigenvalue weighted by Gasteiger charge is -2.26. The first-order valence-corrected chi connectivity index (χ1v) is 14.7. The lowest BCUT2D eigenvalue weighted by molar-refractivity contribution is -0.132. The number of rotatable bonds is 6. The number of hydrogen-bond acceptors (Lipinski definition) is 8. The number of para-hydroxylation sites is 1. The fourth-order valence-electron chi connectivity index (χ4n) is 4.88. The van der Waals surface area contributed by atoms with Crippen molar-refractivity contribution in [3.05, 3.63) is 65.2 Å². The maximum absolute atomic E-state index is 13.3. The van der Waals surface area contributed by atoms with Crippen LogP contribution in [0.5, 0.6) is 5.75 Å². The molecule has 12 nitrogen and oxygen atoms in total. The molecule has 2 heterocycles. The Morgan fingerprint density at radius 1 is 1.02 bits per heavy atom. The van der Waals surface area contributed by atoms with E-state index in [1.807, 2.05) is 24.3 Å². The van der Waals surface area contributed by atoms with Gasteiger partial charge in [0.1, 0.15) is 17.8 Å². The van der Waals surface area contributed by atoms with Crippen LogP contribution in [0.2, 0.25) is 0 Å². The van der Waals surface area contributed by atoms with Crippen molar-refractivity contribution in [1.82, 2.24) is 26.2 Å². The molecule has 0 unspecified atom stereocenters. The Kier molecular flexibility index (Phi) is 11.9. The second-order valence-electron chi connectivity index (χ2n) is 10.8. The highest BCUT2D eigenvalue weighted by molar-refractivity contribution is 5.99. The van der Waals surface area contributed by atoms with Crippen molar-refractivity contribution in [2.75, 3.05) is 39.5 Å². The van der Waals surface area contributed by atoms with Gasteiger partial charge in [-0.25, -0.2) is 0 Å². The van der Waals surface area contributed by atoms with Crippen LogP contribution in [-0.2, 0) is 32.2 Å². The number of aliphatic hydroxyl groups is 1. The van der Waals surface area contributed by atoms with Gasteiger partial charge in [-0.05, 0) is 43.0 Å². The number of fused-ring (bicyclic) bond motifs is 1. The maximum Gasteiger partial charge on any atom is 0.255 e. The van der Waals surface area contributed by atoms with Crippen molar-refractivity contribution in [2.45, 2.75) is 57.5 Å². The van der Waals surface area contributed by atoms with Crippen LogP contribution in [0.4, 0.5) is 0 Å². The molecule has 1 fully saturated rings. The summed E-state index contributed by atoms with van der Waals surface area (Å²) in [6.45, 7) is 6.20. The zero-order valence-corrected chi connectivity index (χ0v) is 24.5. The fourth-order valence-corrected chi connectivity index (χ4v) is 4.88. The highest BCUT2D eigenvalue weighted by atomic mass is 16.5. The number of benzene rings is 2. The Morgan fingerprint density at radius 3 is 2.49 bits per heavy atom. The number of ether oxygens (including phenoxy) is 2. The molecule has 5 N–H and O–H groups in total. The minimum Gasteiger partial charge on any atom is -0.493 e. The van der Waals surface area contributed by atoms with Gasteiger partial charge in [0.05, 0.1) is 31.5 Å². The van der Waals surface area contributed by atoms with Gasteiger partial charge in [-0.3, -0.25) is 24.1 Å². The van der Waals surface area contributed by atoms with Crippen molar-refractivity contribution < 1.29 is 33.8 Å². The van der Waals surface area contributed by atoms with E-state index in [1.54, 1.807) is 24.3 Å². The molecule has 0 aromatic heterocycles. The average Bonchev–Trinajstić information content (AvgIpc) is 3.01. The summed E-state index contributed by atoms with van der Waals surface area (Å²) in [6.07, 6.45) is -0.894. The molecule has 2 aromatic carbocycles. The zero-order chi connectivity index (χ0) is 30.6. The van der Waals surface area contributed by atoms with Crippen LogP contribution in [0.15, 0.2) is 48.5 Å². The molecule has 2 aliphatic rings. The molecule has 0 radical (unpaired) electrons. The molecular formula is C31H41N5O7. The number of morpholine rings is 1. The number of aliphatic hydroxyl groups excluding tert-OH is 1. The molecule has 0 saturated carbocycles. The van der Waals surface area contributed by atoms with Gasteiger partial charge < -0.3 is 35.8 Å². The molecule has 0 aliphatic carbocycles. The Labute approximate surface area is 251 Å². The lowest BCUT2D eigenvalue weighted by Crippen LogP contribution is -2.53. The molecule has 4 amide bonds. The number of nitrogens with zero attached hydrogens (tertiary/aromatic N) is 1. The fraction of sp³-hybridized carbons (Fsp3) is 0.484. The largest absolute Gasteiger partial charge is 0.493 e. The van der Waals surface area contributed by atoms with Gasteiger partial charge in [0.15, 0.2) is 0 Å². The SMILES string of the molecule is C[C@@H](O)[C@@H]1NC(=O)CC[C@@H](C(=O)NCc2ccc(CN3CCOCC3)cc2)NC(=O)c2ccccc2OCCCNC1=O. The molecular weight excluding hydrogens is 554 g/mol. The van der Waals surface area contributed by atoms with Crippen LogP contribution in [0, 0.1) is 0 Å². The molecule has 232 valence electrons. The highest BCUT2D eigenvalue weighted by Gasteiger charge is 2.28. The van der Waals surface area contributed by atoms with Gasteiger partial charge in [0, 0.05) is 39.1 Å². The van der Waals surface area contributed by atoms with E-state index in [4.69, 9.17) is 9.47 Å². The van der Waals surface area contributed by atoms with Gasteiger partial charge in [0.25, 0.3) is 5.91 Å². The average molecular weight is 596 g/mol. The third kappa shape index (κ3) is 9.77. The third-order valence-electron chi connectivity index (χ3n) is 7.37. The highest BCUT2D eigenvalue weighted by Crippen LogP contribution is 2.19. The van der Waals surface area contributed by atoms with E-state index < -0.39 is 41.8 Å². The summed E-state index contributed by atoms with van der Waals surface area (Å²) < 4.78 is 11.2. The Bertz CT molecular complexity index is 1250. The third-order valence-corrected chi connectivity index (χ3v) is 7.37. The van der Waals surface area contributed by atoms with Gasteiger partial charge >= 0.3 is 0 Å². The number of amides is 4. The van der Waals surface area contributed by atoms with Crippen molar-refractivity contribution in [3.8, 4) is 5.75 Å². The van der Waals surface area contributed by atoms with Gasteiger partial charge in [-0.15, -0.1) is 0 Å². The summed E-state index contributed by atoms with van der Waals surface area (Å²) in [4.78, 5) is 54.3. The normalized spacial score (nSPS) is 21.8. The summed E-state index contributed by atoms with van der Waals surface area (Å²) in [5, 5.41) is 20.9. The predicted octanol–water partition coefficient (Wildman–Crippen LogP) is 0.478. The number of hydrogen-bond donors (Lipinski definition) is 5. The molecule has 2 aromatic rings. The van der Waals surface area contributed by atoms with Crippen LogP contribution in [0.25, 0.3) is 0 Å². The maximum atomic E-state index is 13.3. The van der Waals surface area contributed by atoms with Crippen LogP contribution >= 0.6 is 0 Å². The smallest absolute Gasteiger partial charge is 0.255 e. The summed E-state index contributed by atoms with van der Waals surface area (Å²) >= 11 is 0. The Balaban J connectivity index is 1.44. The monoisotopic (exact) mass is 595 g/mol. The molecule has 2 aliphatic heterocycles. The van der Waals surface area contributed by atoms with E-state index in [-0.39, 0.29) is 38.1 Å². The lowest BCUT2D eigenvalue weighted by atomic mass is 10.1. The van der Waals surface area contributed by atoms with Crippen LogP contribution in [-0.4, -0.2) is 91.3 Å². The topological polar surface area (TPSA) is 158 Å². The van der Waals surface area contributed by atoms with Gasteiger partial charge in [-0.2, -0.15) is 0 Å². The zero-order valence-electron chi connectivity index (χ0n) is 24.5. The molecule has 4 rings (SSSR count). The second-order valence-corrected chi connectivity index (χ2v) is 10.8. The van der Waals surface area contributed by atoms with Crippen molar-refractivity contribution in [2.24, 2.45) is 0 Å². The van der Waals surface area contributed by atoms with Crippen LogP contribution in [0.1, 0.15) is 47.7 Å². The summed E-state index contributed by atoms with van der Waals surface area (Å²) in [7, 11) is 0. The first-order valence-electron chi connectivity index (χ1n) is 14.7. The standard InChI is InChI=1S/C31H41N5O7/c1-21(37)28-31(41)32-13-4-16-43-26-6-3-2-5-24(26)29(39)34-25(11-12-27(38)35-28)30(40)33-19-22-7-9-23(10-8-22)20-36-14-17-42-18-15-36/h2-3,5-10,21,25,28,37H,4,11-20H2,1H3,(H,32,41)(H,33,40)(H,34,39)(H,35,38)/t21-,25+,28+/m1/s1. The van der Waals surface area contributed by atoms with Crippen molar-refractivity contribution >= 4 is 23.6 Å². The molecule has 12 heteroatoms. The van der Waals surface area contributed by atoms with E-state index in [0.29, 0.717) is 12.2 Å². The molecule has 0 bridgehead atoms. The van der Waals surface area contributed by atoms with E-state index in [0.717, 1.165) is 44.0 Å². The van der Waals surface area contributed by atoms with Crippen LogP contribution in [0.3, 0.4) is 0 Å². The first kappa shape index (κ1) is 31.9. The summed E-state index contributed by atoms with van der Waals surface area (Å²) in [6, 6.07) is 12.5. The Hall–Kier alpha value is -4.00. The van der Waals surface area contributed by atoms with E-state index in [1.165, 1.54) is 6.92 Å². The van der Waals surface area contributed by atoms with E-state index >= 15 is 0 Å². The number of carbonyl (C=O) groups is 4. The van der Waals surface area contributed by atoms with Crippen LogP contribution < -0.4 is 26.0 Å². The molecule has 0 spiro atoms. The van der Waals surface area contributed by atoms with Crippen molar-refractivity contribution in [1.29, 1.82) is 0 Å². The minimum absolute atomic E-state index is 0.0287. The van der Waals surface area contributed by atoms with E-state index in [9.17, 15) is 24.3 Å². The van der Waals surface area contributed by atoms with E-state index in [2.05, 4.69) is 26.2 Å². The predicted molar refractivity (Wildman–Crippen MR) is 158 cm³/mol. The molecule has 1 saturated heterocycles. The quantitative estimate of drug-likeness (QED) is 0.323. The molecule has 3 atom stereocenters.